The molecule has 0 N–H and O–H groups in total. The average molecular weight is 376 g/mol. The number of hydrogen-bond donors (Lipinski definition) is 0. The molecule has 1 saturated heterocycles. The standard InChI is InChI=1S/C21H26ClNO3/c1-21(2)15-23(12-14-26-21)11-13-25-19-6-4-5-18(20(19)24-3)16-7-9-17(22)10-8-16/h4-10H,11-15H2,1-3H3. The van der Waals surface area contributed by atoms with Crippen molar-refractivity contribution < 1.29 is 14.2 Å². The van der Waals surface area contributed by atoms with Gasteiger partial charge in [-0.05, 0) is 37.6 Å². The van der Waals surface area contributed by atoms with E-state index in [2.05, 4.69) is 18.7 Å². The summed E-state index contributed by atoms with van der Waals surface area (Å²) in [6.07, 6.45) is 0. The van der Waals surface area contributed by atoms with Crippen LogP contribution in [0, 0.1) is 0 Å². The molecular weight excluding hydrogens is 350 g/mol. The predicted octanol–water partition coefficient (Wildman–Crippen LogP) is 4.51. The highest BCUT2D eigenvalue weighted by atomic mass is 35.5. The molecule has 0 aromatic heterocycles. The molecule has 1 aliphatic rings. The van der Waals surface area contributed by atoms with Gasteiger partial charge >= 0.3 is 0 Å². The van der Waals surface area contributed by atoms with Crippen LogP contribution < -0.4 is 9.47 Å². The van der Waals surface area contributed by atoms with Gasteiger partial charge < -0.3 is 14.2 Å². The molecule has 5 heteroatoms. The summed E-state index contributed by atoms with van der Waals surface area (Å²) in [7, 11) is 1.67. The zero-order valence-corrected chi connectivity index (χ0v) is 16.4. The van der Waals surface area contributed by atoms with Crippen molar-refractivity contribution in [3.8, 4) is 22.6 Å². The van der Waals surface area contributed by atoms with Crippen molar-refractivity contribution in [2.24, 2.45) is 0 Å². The van der Waals surface area contributed by atoms with E-state index >= 15 is 0 Å². The molecule has 0 aliphatic carbocycles. The van der Waals surface area contributed by atoms with Crippen LogP contribution in [0.2, 0.25) is 5.02 Å². The molecule has 0 radical (unpaired) electrons. The topological polar surface area (TPSA) is 30.9 Å². The maximum absolute atomic E-state index is 6.05. The highest BCUT2D eigenvalue weighted by Gasteiger charge is 2.26. The summed E-state index contributed by atoms with van der Waals surface area (Å²) in [6, 6.07) is 13.7. The Morgan fingerprint density at radius 2 is 1.92 bits per heavy atom. The highest BCUT2D eigenvalue weighted by Crippen LogP contribution is 2.38. The Morgan fingerprint density at radius 1 is 1.15 bits per heavy atom. The molecule has 3 rings (SSSR count). The first-order valence-electron chi connectivity index (χ1n) is 8.90. The maximum atomic E-state index is 6.05. The summed E-state index contributed by atoms with van der Waals surface area (Å²) in [5, 5.41) is 0.716. The molecule has 1 fully saturated rings. The molecule has 0 spiro atoms. The molecule has 1 aliphatic heterocycles. The van der Waals surface area contributed by atoms with Crippen molar-refractivity contribution in [1.29, 1.82) is 0 Å². The molecule has 0 saturated carbocycles. The van der Waals surface area contributed by atoms with E-state index in [0.29, 0.717) is 11.6 Å². The predicted molar refractivity (Wildman–Crippen MR) is 105 cm³/mol. The number of halogens is 1. The van der Waals surface area contributed by atoms with Crippen LogP contribution in [0.5, 0.6) is 11.5 Å². The van der Waals surface area contributed by atoms with Crippen LogP contribution in [0.15, 0.2) is 42.5 Å². The fraction of sp³-hybridized carbons (Fsp3) is 0.429. The highest BCUT2D eigenvalue weighted by molar-refractivity contribution is 6.30. The van der Waals surface area contributed by atoms with Gasteiger partial charge in [0.2, 0.25) is 0 Å². The van der Waals surface area contributed by atoms with Crippen molar-refractivity contribution in [2.75, 3.05) is 40.0 Å². The van der Waals surface area contributed by atoms with E-state index in [-0.39, 0.29) is 5.60 Å². The van der Waals surface area contributed by atoms with Crippen LogP contribution in [0.1, 0.15) is 13.8 Å². The van der Waals surface area contributed by atoms with E-state index in [1.165, 1.54) is 0 Å². The van der Waals surface area contributed by atoms with Crippen LogP contribution in [-0.4, -0.2) is 50.5 Å². The second-order valence-electron chi connectivity index (χ2n) is 7.08. The van der Waals surface area contributed by atoms with Crippen molar-refractivity contribution in [1.82, 2.24) is 4.90 Å². The molecular formula is C21H26ClNO3. The van der Waals surface area contributed by atoms with E-state index in [1.807, 2.05) is 42.5 Å². The van der Waals surface area contributed by atoms with Gasteiger partial charge in [-0.2, -0.15) is 0 Å². The van der Waals surface area contributed by atoms with Gasteiger partial charge in [-0.1, -0.05) is 35.9 Å². The van der Waals surface area contributed by atoms with Gasteiger partial charge in [-0.15, -0.1) is 0 Å². The number of hydrogen-bond acceptors (Lipinski definition) is 4. The smallest absolute Gasteiger partial charge is 0.168 e. The first kappa shape index (κ1) is 19.0. The van der Waals surface area contributed by atoms with Gasteiger partial charge in [0.15, 0.2) is 11.5 Å². The van der Waals surface area contributed by atoms with E-state index in [4.69, 9.17) is 25.8 Å². The van der Waals surface area contributed by atoms with Crippen molar-refractivity contribution in [2.45, 2.75) is 19.4 Å². The molecule has 0 atom stereocenters. The van der Waals surface area contributed by atoms with Crippen LogP contribution >= 0.6 is 11.6 Å². The summed E-state index contributed by atoms with van der Waals surface area (Å²) >= 11 is 6.00. The molecule has 0 amide bonds. The first-order valence-corrected chi connectivity index (χ1v) is 9.28. The first-order chi connectivity index (χ1) is 12.5. The summed E-state index contributed by atoms with van der Waals surface area (Å²) in [5.41, 5.74) is 1.95. The van der Waals surface area contributed by atoms with Crippen molar-refractivity contribution in [3.63, 3.8) is 0 Å². The monoisotopic (exact) mass is 375 g/mol. The number of para-hydroxylation sites is 1. The van der Waals surface area contributed by atoms with E-state index in [9.17, 15) is 0 Å². The Morgan fingerprint density at radius 3 is 2.62 bits per heavy atom. The fourth-order valence-electron chi connectivity index (χ4n) is 3.29. The Kier molecular flexibility index (Phi) is 6.07. The van der Waals surface area contributed by atoms with Crippen LogP contribution in [0.25, 0.3) is 11.1 Å². The summed E-state index contributed by atoms with van der Waals surface area (Å²) < 4.78 is 17.5. The van der Waals surface area contributed by atoms with Crippen LogP contribution in [0.3, 0.4) is 0 Å². The number of benzene rings is 2. The van der Waals surface area contributed by atoms with Gasteiger partial charge in [0.1, 0.15) is 6.61 Å². The Hall–Kier alpha value is -1.75. The lowest BCUT2D eigenvalue weighted by molar-refractivity contribution is -0.0876. The Labute approximate surface area is 160 Å². The van der Waals surface area contributed by atoms with Crippen LogP contribution in [-0.2, 0) is 4.74 Å². The number of rotatable bonds is 6. The van der Waals surface area contributed by atoms with Gasteiger partial charge in [0, 0.05) is 30.2 Å². The zero-order chi connectivity index (χ0) is 18.6. The van der Waals surface area contributed by atoms with Gasteiger partial charge in [0.05, 0.1) is 19.3 Å². The average Bonchev–Trinajstić information content (AvgIpc) is 2.61. The molecule has 4 nitrogen and oxygen atoms in total. The summed E-state index contributed by atoms with van der Waals surface area (Å²) in [6.45, 7) is 8.34. The lowest BCUT2D eigenvalue weighted by Gasteiger charge is -2.38. The Balaban J connectivity index is 1.68. The minimum Gasteiger partial charge on any atom is -0.492 e. The zero-order valence-electron chi connectivity index (χ0n) is 15.6. The second kappa shape index (κ2) is 8.30. The molecule has 26 heavy (non-hydrogen) atoms. The number of methoxy groups -OCH3 is 1. The molecule has 1 heterocycles. The van der Waals surface area contributed by atoms with E-state index < -0.39 is 0 Å². The van der Waals surface area contributed by atoms with E-state index in [0.717, 1.165) is 48.9 Å². The van der Waals surface area contributed by atoms with E-state index in [1.54, 1.807) is 7.11 Å². The molecule has 0 unspecified atom stereocenters. The fourth-order valence-corrected chi connectivity index (χ4v) is 3.41. The third-order valence-corrected chi connectivity index (χ3v) is 4.76. The van der Waals surface area contributed by atoms with Crippen LogP contribution in [0.4, 0.5) is 0 Å². The number of nitrogens with zero attached hydrogens (tertiary/aromatic N) is 1. The van der Waals surface area contributed by atoms with Crippen molar-refractivity contribution in [3.05, 3.63) is 47.5 Å². The summed E-state index contributed by atoms with van der Waals surface area (Å²) in [4.78, 5) is 2.37. The van der Waals surface area contributed by atoms with Gasteiger partial charge in [-0.25, -0.2) is 0 Å². The second-order valence-corrected chi connectivity index (χ2v) is 7.51. The quantitative estimate of drug-likeness (QED) is 0.743. The maximum Gasteiger partial charge on any atom is 0.168 e. The lowest BCUT2D eigenvalue weighted by atomic mass is 10.0. The molecule has 140 valence electrons. The molecule has 2 aromatic rings. The largest absolute Gasteiger partial charge is 0.492 e. The Bertz CT molecular complexity index is 731. The summed E-state index contributed by atoms with van der Waals surface area (Å²) in [5.74, 6) is 1.50. The third-order valence-electron chi connectivity index (χ3n) is 4.51. The van der Waals surface area contributed by atoms with Gasteiger partial charge in [0.25, 0.3) is 0 Å². The normalized spacial score (nSPS) is 17.1. The number of ether oxygens (including phenoxy) is 3. The van der Waals surface area contributed by atoms with Gasteiger partial charge in [-0.3, -0.25) is 4.90 Å². The van der Waals surface area contributed by atoms with Crippen molar-refractivity contribution >= 4 is 11.6 Å². The third kappa shape index (κ3) is 4.70. The molecule has 0 bridgehead atoms. The lowest BCUT2D eigenvalue weighted by Crippen LogP contribution is -2.49. The molecule has 2 aromatic carbocycles. The SMILES string of the molecule is COc1c(OCCN2CCOC(C)(C)C2)cccc1-c1ccc(Cl)cc1. The number of morpholine rings is 1. The minimum absolute atomic E-state index is 0.0928. The minimum atomic E-state index is -0.0928.